The third-order valence-electron chi connectivity index (χ3n) is 3.94. The Labute approximate surface area is 168 Å². The number of rotatable bonds is 5. The summed E-state index contributed by atoms with van der Waals surface area (Å²) in [5.74, 6) is -0.443. The maximum atomic E-state index is 12.3. The van der Waals surface area contributed by atoms with E-state index in [0.717, 1.165) is 10.0 Å². The van der Waals surface area contributed by atoms with Gasteiger partial charge in [0.1, 0.15) is 0 Å². The number of carbonyl (C=O) groups is 1. The van der Waals surface area contributed by atoms with Crippen LogP contribution in [0.25, 0.3) is 11.5 Å². The van der Waals surface area contributed by atoms with Crippen molar-refractivity contribution < 1.29 is 9.32 Å². The maximum absolute atomic E-state index is 12.3. The molecule has 4 rings (SSSR count). The number of anilines is 1. The van der Waals surface area contributed by atoms with Crippen LogP contribution in [-0.2, 0) is 6.54 Å². The van der Waals surface area contributed by atoms with E-state index in [9.17, 15) is 4.79 Å². The number of halogens is 1. The van der Waals surface area contributed by atoms with Crippen LogP contribution in [0.4, 0.5) is 5.69 Å². The number of aromatic nitrogens is 5. The number of hydrogen-bond donors (Lipinski definition) is 1. The van der Waals surface area contributed by atoms with Crippen molar-refractivity contribution in [2.24, 2.45) is 0 Å². The van der Waals surface area contributed by atoms with Gasteiger partial charge in [-0.15, -0.1) is 5.10 Å². The second-order valence-corrected chi connectivity index (χ2v) is 7.09. The summed E-state index contributed by atoms with van der Waals surface area (Å²) in [5, 5.41) is 14.7. The van der Waals surface area contributed by atoms with Gasteiger partial charge in [-0.1, -0.05) is 62.2 Å². The number of benzene rings is 2. The zero-order chi connectivity index (χ0) is 19.5. The van der Waals surface area contributed by atoms with Gasteiger partial charge in [-0.25, -0.2) is 4.68 Å². The SMILES string of the molecule is Cc1ccc(Cn2cc(-c3noc(C(=O)Nc4cccc(Br)c4)n3)nn2)cc1. The summed E-state index contributed by atoms with van der Waals surface area (Å²) in [5.41, 5.74) is 3.34. The molecule has 0 atom stereocenters. The molecule has 0 saturated heterocycles. The average molecular weight is 439 g/mol. The lowest BCUT2D eigenvalue weighted by molar-refractivity contribution is 0.0981. The standard InChI is InChI=1S/C19H15BrN6O2/c1-12-5-7-13(8-6-12)10-26-11-16(23-25-26)17-22-19(28-24-17)18(27)21-15-4-2-3-14(20)9-15/h2-9,11H,10H2,1H3,(H,21,27). The zero-order valence-corrected chi connectivity index (χ0v) is 16.4. The summed E-state index contributed by atoms with van der Waals surface area (Å²) in [7, 11) is 0. The van der Waals surface area contributed by atoms with Gasteiger partial charge in [-0.05, 0) is 30.7 Å². The second-order valence-electron chi connectivity index (χ2n) is 6.17. The molecule has 140 valence electrons. The Kier molecular flexibility index (Phi) is 4.98. The quantitative estimate of drug-likeness (QED) is 0.509. The Morgan fingerprint density at radius 3 is 2.82 bits per heavy atom. The second kappa shape index (κ2) is 7.73. The van der Waals surface area contributed by atoms with Crippen LogP contribution in [0.1, 0.15) is 21.8 Å². The first kappa shape index (κ1) is 18.1. The van der Waals surface area contributed by atoms with Gasteiger partial charge >= 0.3 is 11.8 Å². The molecule has 0 aliphatic heterocycles. The van der Waals surface area contributed by atoms with E-state index in [0.29, 0.717) is 17.9 Å². The fraction of sp³-hybridized carbons (Fsp3) is 0.105. The Bertz CT molecular complexity index is 1120. The van der Waals surface area contributed by atoms with Crippen LogP contribution < -0.4 is 5.32 Å². The minimum atomic E-state index is -0.496. The molecule has 1 N–H and O–H groups in total. The van der Waals surface area contributed by atoms with Crippen LogP contribution in [0.15, 0.2) is 63.7 Å². The monoisotopic (exact) mass is 438 g/mol. The minimum Gasteiger partial charge on any atom is -0.328 e. The van der Waals surface area contributed by atoms with E-state index in [1.165, 1.54) is 5.56 Å². The van der Waals surface area contributed by atoms with E-state index in [1.807, 2.05) is 43.3 Å². The van der Waals surface area contributed by atoms with Gasteiger partial charge in [0, 0.05) is 10.2 Å². The van der Waals surface area contributed by atoms with Gasteiger partial charge in [0.15, 0.2) is 5.69 Å². The van der Waals surface area contributed by atoms with Crippen molar-refractivity contribution in [3.05, 3.63) is 76.2 Å². The molecule has 2 aromatic carbocycles. The largest absolute Gasteiger partial charge is 0.328 e. The van der Waals surface area contributed by atoms with Crippen molar-refractivity contribution in [3.63, 3.8) is 0 Å². The van der Waals surface area contributed by atoms with Gasteiger partial charge in [0.2, 0.25) is 5.82 Å². The third kappa shape index (κ3) is 4.15. The molecule has 0 saturated carbocycles. The van der Waals surface area contributed by atoms with E-state index < -0.39 is 5.91 Å². The Morgan fingerprint density at radius 1 is 1.21 bits per heavy atom. The highest BCUT2D eigenvalue weighted by Gasteiger charge is 2.18. The molecule has 28 heavy (non-hydrogen) atoms. The third-order valence-corrected chi connectivity index (χ3v) is 4.43. The highest BCUT2D eigenvalue weighted by Crippen LogP contribution is 2.17. The van der Waals surface area contributed by atoms with Crippen molar-refractivity contribution in [1.29, 1.82) is 0 Å². The van der Waals surface area contributed by atoms with E-state index in [2.05, 4.69) is 41.7 Å². The summed E-state index contributed by atoms with van der Waals surface area (Å²) in [6.45, 7) is 2.61. The molecule has 4 aromatic rings. The molecule has 0 aliphatic carbocycles. The molecule has 8 nitrogen and oxygen atoms in total. The molecule has 0 fully saturated rings. The molecule has 0 radical (unpaired) electrons. The average Bonchev–Trinajstić information content (AvgIpc) is 3.33. The Hall–Kier alpha value is -3.33. The maximum Gasteiger partial charge on any atom is 0.316 e. The molecule has 2 aromatic heterocycles. The van der Waals surface area contributed by atoms with Crippen LogP contribution in [0.2, 0.25) is 0 Å². The molecular formula is C19H15BrN6O2. The number of aryl methyl sites for hydroxylation is 1. The highest BCUT2D eigenvalue weighted by atomic mass is 79.9. The normalized spacial score (nSPS) is 10.8. The first-order valence-corrected chi connectivity index (χ1v) is 9.23. The van der Waals surface area contributed by atoms with Crippen LogP contribution in [0, 0.1) is 6.92 Å². The molecule has 0 spiro atoms. The lowest BCUT2D eigenvalue weighted by atomic mass is 10.1. The summed E-state index contributed by atoms with van der Waals surface area (Å²) >= 11 is 3.35. The van der Waals surface area contributed by atoms with E-state index in [1.54, 1.807) is 23.0 Å². The summed E-state index contributed by atoms with van der Waals surface area (Å²) < 4.78 is 7.59. The smallest absolute Gasteiger partial charge is 0.316 e. The number of carbonyl (C=O) groups excluding carboxylic acids is 1. The molecule has 1 amide bonds. The lowest BCUT2D eigenvalue weighted by Crippen LogP contribution is -2.12. The topological polar surface area (TPSA) is 98.7 Å². The fourth-order valence-corrected chi connectivity index (χ4v) is 2.93. The summed E-state index contributed by atoms with van der Waals surface area (Å²) in [6, 6.07) is 15.4. The number of nitrogens with one attached hydrogen (secondary N) is 1. The van der Waals surface area contributed by atoms with E-state index in [4.69, 9.17) is 4.52 Å². The van der Waals surface area contributed by atoms with Crippen LogP contribution in [-0.4, -0.2) is 31.0 Å². The Balaban J connectivity index is 1.46. The van der Waals surface area contributed by atoms with Gasteiger partial charge < -0.3 is 9.84 Å². The van der Waals surface area contributed by atoms with Crippen LogP contribution >= 0.6 is 15.9 Å². The summed E-state index contributed by atoms with van der Waals surface area (Å²) in [6.07, 6.45) is 1.71. The van der Waals surface area contributed by atoms with Crippen molar-refractivity contribution in [2.45, 2.75) is 13.5 Å². The Morgan fingerprint density at radius 2 is 2.04 bits per heavy atom. The van der Waals surface area contributed by atoms with E-state index >= 15 is 0 Å². The fourth-order valence-electron chi connectivity index (χ4n) is 2.53. The molecule has 9 heteroatoms. The van der Waals surface area contributed by atoms with Crippen molar-refractivity contribution in [2.75, 3.05) is 5.32 Å². The molecule has 2 heterocycles. The van der Waals surface area contributed by atoms with Crippen molar-refractivity contribution in [1.82, 2.24) is 25.1 Å². The highest BCUT2D eigenvalue weighted by molar-refractivity contribution is 9.10. The molecule has 0 bridgehead atoms. The van der Waals surface area contributed by atoms with Crippen LogP contribution in [0.3, 0.4) is 0 Å². The minimum absolute atomic E-state index is 0.150. The predicted molar refractivity (Wildman–Crippen MR) is 106 cm³/mol. The molecule has 0 aliphatic rings. The first-order valence-electron chi connectivity index (χ1n) is 8.43. The number of nitrogens with zero attached hydrogens (tertiary/aromatic N) is 5. The van der Waals surface area contributed by atoms with Gasteiger partial charge in [0.05, 0.1) is 12.7 Å². The zero-order valence-electron chi connectivity index (χ0n) is 14.8. The van der Waals surface area contributed by atoms with Gasteiger partial charge in [-0.3, -0.25) is 4.79 Å². The van der Waals surface area contributed by atoms with Crippen molar-refractivity contribution >= 4 is 27.5 Å². The first-order chi connectivity index (χ1) is 13.6. The van der Waals surface area contributed by atoms with Gasteiger partial charge in [-0.2, -0.15) is 4.98 Å². The summed E-state index contributed by atoms with van der Waals surface area (Å²) in [4.78, 5) is 16.4. The van der Waals surface area contributed by atoms with E-state index in [-0.39, 0.29) is 11.7 Å². The van der Waals surface area contributed by atoms with Gasteiger partial charge in [0.25, 0.3) is 0 Å². The van der Waals surface area contributed by atoms with Crippen LogP contribution in [0.5, 0.6) is 0 Å². The molecular weight excluding hydrogens is 424 g/mol. The lowest BCUT2D eigenvalue weighted by Gasteiger charge is -2.01. The molecule has 0 unspecified atom stereocenters. The number of amides is 1. The van der Waals surface area contributed by atoms with Crippen molar-refractivity contribution in [3.8, 4) is 11.5 Å². The predicted octanol–water partition coefficient (Wildman–Crippen LogP) is 3.70. The number of hydrogen-bond acceptors (Lipinski definition) is 6.